The molecule has 4 nitrogen and oxygen atoms in total. The Morgan fingerprint density at radius 2 is 1.79 bits per heavy atom. The van der Waals surface area contributed by atoms with Crippen LogP contribution in [-0.4, -0.2) is 25.8 Å². The number of halogens is 1. The number of aryl methyl sites for hydroxylation is 1. The number of fused-ring (bicyclic) bond motifs is 1. The lowest BCUT2D eigenvalue weighted by molar-refractivity contribution is 0.516. The Balaban J connectivity index is 1.39. The molecule has 154 valence electrons. The maximum Gasteiger partial charge on any atom is 0.191 e. The molecule has 0 aliphatic heterocycles. The van der Waals surface area contributed by atoms with Crippen LogP contribution in [0.1, 0.15) is 37.4 Å². The number of sulfone groups is 1. The van der Waals surface area contributed by atoms with E-state index >= 15 is 0 Å². The molecule has 2 atom stereocenters. The number of hydrogen-bond donors (Lipinski definition) is 2. The molecule has 29 heavy (non-hydrogen) atoms. The minimum Gasteiger partial charge on any atom is -0.358 e. The van der Waals surface area contributed by atoms with Crippen molar-refractivity contribution in [3.63, 3.8) is 0 Å². The SMILES string of the molecule is Cc1[nH]c2ccccc2c1[C@H]1[C@H](CCNCS(=O)(=O)c2ccc(F)cc2)C1(C)C. The number of hydrogen-bond acceptors (Lipinski definition) is 3. The highest BCUT2D eigenvalue weighted by Crippen LogP contribution is 2.67. The summed E-state index contributed by atoms with van der Waals surface area (Å²) in [6.07, 6.45) is 0.912. The predicted molar refractivity (Wildman–Crippen MR) is 114 cm³/mol. The standard InChI is InChI=1S/C23H27FN2O2S/c1-15-21(18-6-4-5-7-20(18)26-15)22-19(23(22,2)3)12-13-25-14-29(27,28)17-10-8-16(24)9-11-17/h4-11,19,22,25-26H,12-14H2,1-3H3/t19-,22+/m0/s1. The zero-order chi connectivity index (χ0) is 20.8. The molecule has 1 aromatic heterocycles. The van der Waals surface area contributed by atoms with E-state index in [0.29, 0.717) is 18.4 Å². The summed E-state index contributed by atoms with van der Waals surface area (Å²) < 4.78 is 37.8. The van der Waals surface area contributed by atoms with Crippen LogP contribution in [0.2, 0.25) is 0 Å². The first-order valence-corrected chi connectivity index (χ1v) is 11.6. The van der Waals surface area contributed by atoms with Crippen LogP contribution in [0.25, 0.3) is 10.9 Å². The smallest absolute Gasteiger partial charge is 0.191 e. The van der Waals surface area contributed by atoms with Gasteiger partial charge in [-0.25, -0.2) is 12.8 Å². The van der Waals surface area contributed by atoms with Gasteiger partial charge in [0, 0.05) is 16.6 Å². The zero-order valence-electron chi connectivity index (χ0n) is 17.0. The summed E-state index contributed by atoms with van der Waals surface area (Å²) in [5.41, 5.74) is 3.98. The molecule has 1 heterocycles. The average molecular weight is 415 g/mol. The van der Waals surface area contributed by atoms with Crippen molar-refractivity contribution in [3.8, 4) is 0 Å². The summed E-state index contributed by atoms with van der Waals surface area (Å²) in [7, 11) is -3.46. The fourth-order valence-corrected chi connectivity index (χ4v) is 5.87. The molecule has 2 N–H and O–H groups in total. The summed E-state index contributed by atoms with van der Waals surface area (Å²) in [6.45, 7) is 7.35. The maximum absolute atomic E-state index is 13.0. The molecule has 1 saturated carbocycles. The fourth-order valence-electron chi connectivity index (χ4n) is 4.74. The number of aromatic nitrogens is 1. The van der Waals surface area contributed by atoms with Crippen LogP contribution in [0.5, 0.6) is 0 Å². The summed E-state index contributed by atoms with van der Waals surface area (Å²) in [5.74, 6) is 0.393. The highest BCUT2D eigenvalue weighted by Gasteiger charge is 2.58. The molecule has 0 amide bonds. The molecule has 1 fully saturated rings. The number of benzene rings is 2. The highest BCUT2D eigenvalue weighted by atomic mass is 32.2. The van der Waals surface area contributed by atoms with Gasteiger partial charge in [0.15, 0.2) is 9.84 Å². The van der Waals surface area contributed by atoms with Crippen molar-refractivity contribution in [2.45, 2.75) is 38.0 Å². The molecule has 1 aliphatic rings. The Hall–Kier alpha value is -2.18. The minimum atomic E-state index is -3.46. The van der Waals surface area contributed by atoms with E-state index in [4.69, 9.17) is 0 Å². The van der Waals surface area contributed by atoms with E-state index in [1.807, 2.05) is 6.07 Å². The average Bonchev–Trinajstić information content (AvgIpc) is 3.03. The Kier molecular flexibility index (Phi) is 5.03. The molecule has 3 aromatic rings. The van der Waals surface area contributed by atoms with Gasteiger partial charge in [-0.1, -0.05) is 32.0 Å². The van der Waals surface area contributed by atoms with Crippen molar-refractivity contribution in [1.29, 1.82) is 0 Å². The molecule has 4 rings (SSSR count). The Morgan fingerprint density at radius 1 is 1.10 bits per heavy atom. The van der Waals surface area contributed by atoms with Gasteiger partial charge in [0.2, 0.25) is 0 Å². The van der Waals surface area contributed by atoms with Gasteiger partial charge in [0.25, 0.3) is 0 Å². The lowest BCUT2D eigenvalue weighted by Gasteiger charge is -2.07. The Bertz CT molecular complexity index is 1130. The minimum absolute atomic E-state index is 0.136. The normalized spacial score (nSPS) is 20.8. The summed E-state index contributed by atoms with van der Waals surface area (Å²) in [4.78, 5) is 3.64. The molecule has 0 unspecified atom stereocenters. The summed E-state index contributed by atoms with van der Waals surface area (Å²) in [5, 5.41) is 4.37. The van der Waals surface area contributed by atoms with Crippen LogP contribution >= 0.6 is 0 Å². The van der Waals surface area contributed by atoms with E-state index in [1.165, 1.54) is 46.4 Å². The number of nitrogens with one attached hydrogen (secondary N) is 2. The van der Waals surface area contributed by atoms with Crippen LogP contribution < -0.4 is 5.32 Å². The first-order valence-electron chi connectivity index (χ1n) is 9.98. The van der Waals surface area contributed by atoms with Gasteiger partial charge >= 0.3 is 0 Å². The second kappa shape index (κ2) is 7.26. The fraction of sp³-hybridized carbons (Fsp3) is 0.391. The van der Waals surface area contributed by atoms with Gasteiger partial charge in [-0.05, 0) is 73.0 Å². The Labute approximate surface area is 171 Å². The van der Waals surface area contributed by atoms with E-state index < -0.39 is 15.7 Å². The van der Waals surface area contributed by atoms with Gasteiger partial charge in [-0.15, -0.1) is 0 Å². The van der Waals surface area contributed by atoms with E-state index in [2.05, 4.69) is 49.3 Å². The summed E-state index contributed by atoms with van der Waals surface area (Å²) in [6, 6.07) is 13.4. The van der Waals surface area contributed by atoms with Crippen molar-refractivity contribution in [3.05, 3.63) is 65.6 Å². The number of H-pyrrole nitrogens is 1. The van der Waals surface area contributed by atoms with Crippen molar-refractivity contribution < 1.29 is 12.8 Å². The van der Waals surface area contributed by atoms with Gasteiger partial charge in [0.1, 0.15) is 11.7 Å². The van der Waals surface area contributed by atoms with Gasteiger partial charge < -0.3 is 10.3 Å². The lowest BCUT2D eigenvalue weighted by Crippen LogP contribution is -2.24. The molecule has 0 radical (unpaired) electrons. The highest BCUT2D eigenvalue weighted by molar-refractivity contribution is 7.91. The Morgan fingerprint density at radius 3 is 2.52 bits per heavy atom. The molecule has 2 aromatic carbocycles. The quantitative estimate of drug-likeness (QED) is 0.433. The first-order chi connectivity index (χ1) is 13.7. The van der Waals surface area contributed by atoms with Crippen LogP contribution in [-0.2, 0) is 9.84 Å². The van der Waals surface area contributed by atoms with Gasteiger partial charge in [-0.2, -0.15) is 0 Å². The molecule has 0 spiro atoms. The van der Waals surface area contributed by atoms with E-state index in [9.17, 15) is 12.8 Å². The maximum atomic E-state index is 13.0. The third-order valence-corrected chi connectivity index (χ3v) is 7.98. The monoisotopic (exact) mass is 414 g/mol. The van der Waals surface area contributed by atoms with Crippen LogP contribution in [0.4, 0.5) is 4.39 Å². The van der Waals surface area contributed by atoms with Crippen LogP contribution in [0.15, 0.2) is 53.4 Å². The van der Waals surface area contributed by atoms with E-state index in [1.54, 1.807) is 0 Å². The third kappa shape index (κ3) is 3.71. The molecule has 0 bridgehead atoms. The van der Waals surface area contributed by atoms with Crippen molar-refractivity contribution in [1.82, 2.24) is 10.3 Å². The second-order valence-corrected chi connectivity index (χ2v) is 10.6. The molecule has 0 saturated heterocycles. The number of aromatic amines is 1. The third-order valence-electron chi connectivity index (χ3n) is 6.40. The molecular weight excluding hydrogens is 387 g/mol. The van der Waals surface area contributed by atoms with Gasteiger partial charge in [0.05, 0.1) is 4.90 Å². The molecular formula is C23H27FN2O2S. The van der Waals surface area contributed by atoms with Gasteiger partial charge in [-0.3, -0.25) is 0 Å². The summed E-state index contributed by atoms with van der Waals surface area (Å²) >= 11 is 0. The molecule has 6 heteroatoms. The van der Waals surface area contributed by atoms with Crippen molar-refractivity contribution in [2.24, 2.45) is 11.3 Å². The number of para-hydroxylation sites is 1. The number of rotatable bonds is 7. The lowest BCUT2D eigenvalue weighted by atomic mass is 10.0. The van der Waals surface area contributed by atoms with E-state index in [0.717, 1.165) is 6.42 Å². The second-order valence-electron chi connectivity index (χ2n) is 8.62. The van der Waals surface area contributed by atoms with Crippen LogP contribution in [0, 0.1) is 24.1 Å². The largest absolute Gasteiger partial charge is 0.358 e. The first kappa shape index (κ1) is 20.1. The topological polar surface area (TPSA) is 62.0 Å². The van der Waals surface area contributed by atoms with Crippen molar-refractivity contribution >= 4 is 20.7 Å². The molecule has 1 aliphatic carbocycles. The van der Waals surface area contributed by atoms with Crippen molar-refractivity contribution in [2.75, 3.05) is 12.4 Å². The zero-order valence-corrected chi connectivity index (χ0v) is 17.8. The van der Waals surface area contributed by atoms with E-state index in [-0.39, 0.29) is 16.2 Å². The van der Waals surface area contributed by atoms with Crippen LogP contribution in [0.3, 0.4) is 0 Å². The predicted octanol–water partition coefficient (Wildman–Crippen LogP) is 4.77.